The number of hydrogen-bond acceptors (Lipinski definition) is 5. The Morgan fingerprint density at radius 1 is 1.07 bits per heavy atom. The van der Waals surface area contributed by atoms with Gasteiger partial charge in [-0.15, -0.1) is 0 Å². The first-order valence-corrected chi connectivity index (χ1v) is 9.38. The minimum Gasteiger partial charge on any atom is -0.369 e. The summed E-state index contributed by atoms with van der Waals surface area (Å²) in [6.07, 6.45) is 3.75. The Bertz CT molecular complexity index is 992. The van der Waals surface area contributed by atoms with Crippen molar-refractivity contribution in [3.8, 4) is 11.4 Å². The quantitative estimate of drug-likeness (QED) is 0.639. The second-order valence-corrected chi connectivity index (χ2v) is 6.89. The molecule has 3 rings (SSSR count). The van der Waals surface area contributed by atoms with Crippen molar-refractivity contribution in [2.45, 2.75) is 27.2 Å². The highest BCUT2D eigenvalue weighted by atomic mass is 35.5. The molecule has 1 aromatic carbocycles. The monoisotopic (exact) mass is 395 g/mol. The molecule has 7 heteroatoms. The fourth-order valence-electron chi connectivity index (χ4n) is 2.68. The van der Waals surface area contributed by atoms with Crippen molar-refractivity contribution in [3.05, 3.63) is 64.6 Å². The number of nitrogens with one attached hydrogen (secondary N) is 2. The van der Waals surface area contributed by atoms with Gasteiger partial charge in [0.15, 0.2) is 5.82 Å². The molecule has 0 saturated heterocycles. The van der Waals surface area contributed by atoms with E-state index in [4.69, 9.17) is 11.6 Å². The van der Waals surface area contributed by atoms with E-state index in [1.54, 1.807) is 18.5 Å². The molecule has 0 saturated carbocycles. The summed E-state index contributed by atoms with van der Waals surface area (Å²) in [4.78, 5) is 25.5. The third-order valence-electron chi connectivity index (χ3n) is 4.50. The highest BCUT2D eigenvalue weighted by Crippen LogP contribution is 2.23. The number of carbonyl (C=O) groups is 1. The van der Waals surface area contributed by atoms with Gasteiger partial charge in [-0.3, -0.25) is 9.78 Å². The van der Waals surface area contributed by atoms with Gasteiger partial charge in [-0.05, 0) is 50.6 Å². The smallest absolute Gasteiger partial charge is 0.226 e. The van der Waals surface area contributed by atoms with Crippen LogP contribution in [0.5, 0.6) is 0 Å². The molecule has 0 aliphatic heterocycles. The molecule has 0 bridgehead atoms. The first kappa shape index (κ1) is 19.8. The number of amides is 1. The summed E-state index contributed by atoms with van der Waals surface area (Å²) < 4.78 is 0. The first-order chi connectivity index (χ1) is 13.5. The summed E-state index contributed by atoms with van der Waals surface area (Å²) in [5.41, 5.74) is 4.27. The molecule has 0 spiro atoms. The van der Waals surface area contributed by atoms with E-state index in [1.165, 1.54) is 0 Å². The van der Waals surface area contributed by atoms with Gasteiger partial charge in [-0.25, -0.2) is 9.97 Å². The van der Waals surface area contributed by atoms with Crippen molar-refractivity contribution >= 4 is 29.0 Å². The molecule has 2 N–H and O–H groups in total. The summed E-state index contributed by atoms with van der Waals surface area (Å²) in [5.74, 6) is 1.24. The predicted molar refractivity (Wildman–Crippen MR) is 113 cm³/mol. The van der Waals surface area contributed by atoms with Gasteiger partial charge in [0.2, 0.25) is 5.91 Å². The van der Waals surface area contributed by atoms with Gasteiger partial charge in [-0.2, -0.15) is 0 Å². The number of aromatic nitrogens is 3. The van der Waals surface area contributed by atoms with E-state index in [0.717, 1.165) is 33.9 Å². The van der Waals surface area contributed by atoms with Crippen molar-refractivity contribution in [3.63, 3.8) is 0 Å². The van der Waals surface area contributed by atoms with Gasteiger partial charge < -0.3 is 10.6 Å². The fraction of sp³-hybridized carbons (Fsp3) is 0.238. The van der Waals surface area contributed by atoms with Crippen LogP contribution in [0.2, 0.25) is 5.02 Å². The molecule has 0 unspecified atom stereocenters. The molecule has 0 atom stereocenters. The number of rotatable bonds is 6. The summed E-state index contributed by atoms with van der Waals surface area (Å²) in [5, 5.41) is 6.77. The zero-order valence-electron chi connectivity index (χ0n) is 16.1. The van der Waals surface area contributed by atoms with E-state index in [9.17, 15) is 4.79 Å². The Balaban J connectivity index is 1.65. The fourth-order valence-corrected chi connectivity index (χ4v) is 2.85. The van der Waals surface area contributed by atoms with E-state index in [0.29, 0.717) is 23.8 Å². The minimum atomic E-state index is -0.0891. The van der Waals surface area contributed by atoms with Gasteiger partial charge in [0.25, 0.3) is 0 Å². The van der Waals surface area contributed by atoms with Crippen molar-refractivity contribution in [1.82, 2.24) is 15.0 Å². The average molecular weight is 396 g/mol. The first-order valence-electron chi connectivity index (χ1n) is 9.00. The second kappa shape index (κ2) is 8.80. The number of halogens is 1. The summed E-state index contributed by atoms with van der Waals surface area (Å²) in [7, 11) is 0. The molecular weight excluding hydrogens is 374 g/mol. The van der Waals surface area contributed by atoms with Gasteiger partial charge in [0.1, 0.15) is 5.82 Å². The van der Waals surface area contributed by atoms with Crippen LogP contribution in [-0.2, 0) is 4.79 Å². The van der Waals surface area contributed by atoms with Crippen LogP contribution in [0.1, 0.15) is 23.2 Å². The van der Waals surface area contributed by atoms with Gasteiger partial charge in [0, 0.05) is 52.9 Å². The van der Waals surface area contributed by atoms with Crippen LogP contribution in [0.25, 0.3) is 11.4 Å². The lowest BCUT2D eigenvalue weighted by Crippen LogP contribution is -2.18. The number of aryl methyl sites for hydroxylation is 1. The van der Waals surface area contributed by atoms with E-state index in [1.807, 2.05) is 45.0 Å². The number of carbonyl (C=O) groups excluding carboxylic acids is 1. The van der Waals surface area contributed by atoms with Crippen LogP contribution in [0, 0.1) is 20.8 Å². The van der Waals surface area contributed by atoms with Crippen LogP contribution < -0.4 is 10.6 Å². The Morgan fingerprint density at radius 2 is 1.89 bits per heavy atom. The van der Waals surface area contributed by atoms with E-state index in [2.05, 4.69) is 25.6 Å². The summed E-state index contributed by atoms with van der Waals surface area (Å²) in [6, 6.07) is 9.22. The Morgan fingerprint density at radius 3 is 2.64 bits per heavy atom. The van der Waals surface area contributed by atoms with Crippen molar-refractivity contribution in [2.75, 3.05) is 17.2 Å². The topological polar surface area (TPSA) is 79.8 Å². The zero-order valence-corrected chi connectivity index (χ0v) is 16.8. The molecule has 1 amide bonds. The summed E-state index contributed by atoms with van der Waals surface area (Å²) >= 11 is 6.10. The van der Waals surface area contributed by atoms with Crippen LogP contribution in [0.15, 0.2) is 42.7 Å². The lowest BCUT2D eigenvalue weighted by Gasteiger charge is -2.13. The largest absolute Gasteiger partial charge is 0.369 e. The Kier molecular flexibility index (Phi) is 6.21. The molecule has 0 fully saturated rings. The molecular formula is C21H22ClN5O. The van der Waals surface area contributed by atoms with E-state index >= 15 is 0 Å². The average Bonchev–Trinajstić information content (AvgIpc) is 2.69. The van der Waals surface area contributed by atoms with Gasteiger partial charge >= 0.3 is 0 Å². The minimum absolute atomic E-state index is 0.0891. The van der Waals surface area contributed by atoms with Crippen LogP contribution in [-0.4, -0.2) is 27.4 Å². The van der Waals surface area contributed by atoms with Crippen molar-refractivity contribution in [2.24, 2.45) is 0 Å². The second-order valence-electron chi connectivity index (χ2n) is 6.49. The normalized spacial score (nSPS) is 10.6. The molecule has 0 radical (unpaired) electrons. The lowest BCUT2D eigenvalue weighted by molar-refractivity contribution is -0.115. The maximum atomic E-state index is 12.3. The zero-order chi connectivity index (χ0) is 20.1. The van der Waals surface area contributed by atoms with Crippen LogP contribution >= 0.6 is 11.6 Å². The lowest BCUT2D eigenvalue weighted by atomic mass is 10.2. The maximum Gasteiger partial charge on any atom is 0.226 e. The number of anilines is 2. The van der Waals surface area contributed by atoms with Gasteiger partial charge in [-0.1, -0.05) is 17.7 Å². The highest BCUT2D eigenvalue weighted by molar-refractivity contribution is 6.31. The number of benzene rings is 1. The molecule has 3 aromatic rings. The van der Waals surface area contributed by atoms with Crippen molar-refractivity contribution < 1.29 is 4.79 Å². The summed E-state index contributed by atoms with van der Waals surface area (Å²) in [6.45, 7) is 6.23. The van der Waals surface area contributed by atoms with E-state index in [-0.39, 0.29) is 5.91 Å². The standard InChI is InChI=1S/C21H22ClN5O/c1-13-15(3)25-21(16-6-5-10-23-12-16)27-20(13)24-11-9-19(28)26-18-8-4-7-17(22)14(18)2/h4-8,10,12H,9,11H2,1-3H3,(H,26,28)(H,24,25,27). The SMILES string of the molecule is Cc1nc(-c2cccnc2)nc(NCCC(=O)Nc2cccc(Cl)c2C)c1C. The molecule has 2 aromatic heterocycles. The van der Waals surface area contributed by atoms with Gasteiger partial charge in [0.05, 0.1) is 0 Å². The molecule has 6 nitrogen and oxygen atoms in total. The molecule has 144 valence electrons. The van der Waals surface area contributed by atoms with Crippen LogP contribution in [0.3, 0.4) is 0 Å². The number of hydrogen-bond donors (Lipinski definition) is 2. The Hall–Kier alpha value is -2.99. The predicted octanol–water partition coefficient (Wildman–Crippen LogP) is 4.56. The third-order valence-corrected chi connectivity index (χ3v) is 4.90. The third kappa shape index (κ3) is 4.64. The highest BCUT2D eigenvalue weighted by Gasteiger charge is 2.11. The number of nitrogens with zero attached hydrogens (tertiary/aromatic N) is 3. The Labute approximate surface area is 169 Å². The van der Waals surface area contributed by atoms with E-state index < -0.39 is 0 Å². The van der Waals surface area contributed by atoms with Crippen molar-refractivity contribution in [1.29, 1.82) is 0 Å². The molecule has 0 aliphatic rings. The molecule has 0 aliphatic carbocycles. The molecule has 2 heterocycles. The maximum absolute atomic E-state index is 12.3. The number of pyridine rings is 1. The van der Waals surface area contributed by atoms with Crippen LogP contribution in [0.4, 0.5) is 11.5 Å². The molecule has 28 heavy (non-hydrogen) atoms.